The van der Waals surface area contributed by atoms with Gasteiger partial charge in [0.15, 0.2) is 0 Å². The molecule has 0 spiro atoms. The molecule has 0 radical (unpaired) electrons. The maximum Gasteiger partial charge on any atom is 0.0957 e. The van der Waals surface area contributed by atoms with Crippen LogP contribution in [0.1, 0.15) is 16.6 Å². The standard InChI is InChI=1S/C16H14BrClN2S/c1-19-14(10-6-7-12(18)11(17)8-10)9-16-20-13-4-2-3-5-15(13)21-16/h2-8,14,19H,9H2,1H3. The van der Waals surface area contributed by atoms with E-state index >= 15 is 0 Å². The van der Waals surface area contributed by atoms with Crippen molar-refractivity contribution in [1.29, 1.82) is 0 Å². The van der Waals surface area contributed by atoms with Crippen LogP contribution in [0.5, 0.6) is 0 Å². The first-order chi connectivity index (χ1) is 10.2. The van der Waals surface area contributed by atoms with Crippen LogP contribution in [0.25, 0.3) is 10.2 Å². The molecule has 0 amide bonds. The van der Waals surface area contributed by atoms with Crippen molar-refractivity contribution in [1.82, 2.24) is 10.3 Å². The lowest BCUT2D eigenvalue weighted by Crippen LogP contribution is -2.18. The van der Waals surface area contributed by atoms with Gasteiger partial charge < -0.3 is 5.32 Å². The second kappa shape index (κ2) is 6.44. The van der Waals surface area contributed by atoms with Gasteiger partial charge in [-0.3, -0.25) is 0 Å². The molecule has 21 heavy (non-hydrogen) atoms. The van der Waals surface area contributed by atoms with E-state index in [2.05, 4.69) is 51.6 Å². The Labute approximate surface area is 141 Å². The summed E-state index contributed by atoms with van der Waals surface area (Å²) in [5, 5.41) is 5.23. The second-order valence-electron chi connectivity index (χ2n) is 4.79. The van der Waals surface area contributed by atoms with Crippen LogP contribution in [-0.4, -0.2) is 12.0 Å². The predicted octanol–water partition coefficient (Wildman–Crippen LogP) is 5.22. The van der Waals surface area contributed by atoms with E-state index in [1.54, 1.807) is 11.3 Å². The molecular formula is C16H14BrClN2S. The molecule has 108 valence electrons. The summed E-state index contributed by atoms with van der Waals surface area (Å²) in [6.45, 7) is 0. The summed E-state index contributed by atoms with van der Waals surface area (Å²) < 4.78 is 2.16. The minimum Gasteiger partial charge on any atom is -0.313 e. The highest BCUT2D eigenvalue weighted by molar-refractivity contribution is 9.10. The summed E-state index contributed by atoms with van der Waals surface area (Å²) in [6.07, 6.45) is 0.865. The fourth-order valence-electron chi connectivity index (χ4n) is 2.30. The second-order valence-corrected chi connectivity index (χ2v) is 7.17. The van der Waals surface area contributed by atoms with Crippen molar-refractivity contribution in [2.24, 2.45) is 0 Å². The third-order valence-corrected chi connectivity index (χ3v) is 5.68. The molecule has 0 aliphatic carbocycles. The maximum atomic E-state index is 6.06. The summed E-state index contributed by atoms with van der Waals surface area (Å²) in [4.78, 5) is 4.71. The van der Waals surface area contributed by atoms with Crippen LogP contribution in [0, 0.1) is 0 Å². The Bertz CT molecular complexity index is 739. The Balaban J connectivity index is 1.88. The Morgan fingerprint density at radius 1 is 1.29 bits per heavy atom. The molecule has 0 saturated carbocycles. The average Bonchev–Trinajstić information content (AvgIpc) is 2.90. The van der Waals surface area contributed by atoms with E-state index in [-0.39, 0.29) is 6.04 Å². The minimum absolute atomic E-state index is 0.221. The summed E-state index contributed by atoms with van der Waals surface area (Å²) in [6, 6.07) is 14.5. The van der Waals surface area contributed by atoms with E-state index in [0.29, 0.717) is 0 Å². The Hall–Kier alpha value is -0.940. The van der Waals surface area contributed by atoms with Crippen molar-refractivity contribution in [2.75, 3.05) is 7.05 Å². The number of hydrogen-bond acceptors (Lipinski definition) is 3. The highest BCUT2D eigenvalue weighted by atomic mass is 79.9. The van der Waals surface area contributed by atoms with Crippen LogP contribution in [-0.2, 0) is 6.42 Å². The topological polar surface area (TPSA) is 24.9 Å². The molecule has 0 aliphatic rings. The van der Waals surface area contributed by atoms with Gasteiger partial charge in [-0.05, 0) is 52.8 Å². The zero-order valence-electron chi connectivity index (χ0n) is 11.4. The number of nitrogens with one attached hydrogen (secondary N) is 1. The zero-order valence-corrected chi connectivity index (χ0v) is 14.6. The van der Waals surface area contributed by atoms with Gasteiger partial charge in [-0.25, -0.2) is 4.98 Å². The number of aromatic nitrogens is 1. The van der Waals surface area contributed by atoms with E-state index in [0.717, 1.165) is 26.4 Å². The van der Waals surface area contributed by atoms with Crippen molar-refractivity contribution in [3.05, 3.63) is 62.5 Å². The van der Waals surface area contributed by atoms with Crippen molar-refractivity contribution in [3.8, 4) is 0 Å². The van der Waals surface area contributed by atoms with Gasteiger partial charge in [0.05, 0.1) is 20.2 Å². The van der Waals surface area contributed by atoms with Gasteiger partial charge in [0.25, 0.3) is 0 Å². The van der Waals surface area contributed by atoms with E-state index < -0.39 is 0 Å². The molecule has 0 bridgehead atoms. The molecule has 5 heteroatoms. The number of nitrogens with zero attached hydrogens (tertiary/aromatic N) is 1. The van der Waals surface area contributed by atoms with E-state index in [9.17, 15) is 0 Å². The van der Waals surface area contributed by atoms with Gasteiger partial charge >= 0.3 is 0 Å². The maximum absolute atomic E-state index is 6.06. The molecule has 0 fully saturated rings. The Morgan fingerprint density at radius 2 is 2.10 bits per heavy atom. The first-order valence-corrected chi connectivity index (χ1v) is 8.63. The monoisotopic (exact) mass is 380 g/mol. The van der Waals surface area contributed by atoms with Crippen molar-refractivity contribution >= 4 is 49.1 Å². The molecule has 1 aromatic heterocycles. The van der Waals surface area contributed by atoms with Crippen LogP contribution < -0.4 is 5.32 Å². The predicted molar refractivity (Wildman–Crippen MR) is 94.3 cm³/mol. The fraction of sp³-hybridized carbons (Fsp3) is 0.188. The summed E-state index contributed by atoms with van der Waals surface area (Å²) in [5.41, 5.74) is 2.28. The van der Waals surface area contributed by atoms with Crippen molar-refractivity contribution < 1.29 is 0 Å². The highest BCUT2D eigenvalue weighted by Gasteiger charge is 2.14. The molecule has 3 rings (SSSR count). The normalized spacial score (nSPS) is 12.7. The number of rotatable bonds is 4. The average molecular weight is 382 g/mol. The van der Waals surface area contributed by atoms with E-state index in [1.165, 1.54) is 10.3 Å². The lowest BCUT2D eigenvalue weighted by molar-refractivity contribution is 0.590. The molecule has 1 heterocycles. The smallest absolute Gasteiger partial charge is 0.0957 e. The van der Waals surface area contributed by atoms with Crippen molar-refractivity contribution in [3.63, 3.8) is 0 Å². The third kappa shape index (κ3) is 3.29. The quantitative estimate of drug-likeness (QED) is 0.670. The van der Waals surface area contributed by atoms with Crippen LogP contribution >= 0.6 is 38.9 Å². The number of halogens is 2. The molecule has 1 unspecified atom stereocenters. The van der Waals surface area contributed by atoms with Crippen LogP contribution in [0.3, 0.4) is 0 Å². The lowest BCUT2D eigenvalue weighted by Gasteiger charge is -2.16. The lowest BCUT2D eigenvalue weighted by atomic mass is 10.0. The van der Waals surface area contributed by atoms with Gasteiger partial charge in [0.2, 0.25) is 0 Å². The first-order valence-electron chi connectivity index (χ1n) is 6.64. The van der Waals surface area contributed by atoms with E-state index in [1.807, 2.05) is 19.2 Å². The van der Waals surface area contributed by atoms with Gasteiger partial charge in [0.1, 0.15) is 0 Å². The van der Waals surface area contributed by atoms with Crippen LogP contribution in [0.15, 0.2) is 46.9 Å². The number of benzene rings is 2. The molecular weight excluding hydrogens is 368 g/mol. The van der Waals surface area contributed by atoms with Gasteiger partial charge in [-0.2, -0.15) is 0 Å². The molecule has 1 N–H and O–H groups in total. The summed E-state index contributed by atoms with van der Waals surface area (Å²) in [5.74, 6) is 0. The number of likely N-dealkylation sites (N-methyl/N-ethyl adjacent to an activating group) is 1. The molecule has 2 nitrogen and oxygen atoms in total. The summed E-state index contributed by atoms with van der Waals surface area (Å²) in [7, 11) is 1.97. The minimum atomic E-state index is 0.221. The largest absolute Gasteiger partial charge is 0.313 e. The van der Waals surface area contributed by atoms with E-state index in [4.69, 9.17) is 16.6 Å². The molecule has 0 aliphatic heterocycles. The number of thiazole rings is 1. The van der Waals surface area contributed by atoms with Crippen molar-refractivity contribution in [2.45, 2.75) is 12.5 Å². The molecule has 1 atom stereocenters. The Kier molecular flexibility index (Phi) is 4.60. The number of hydrogen-bond donors (Lipinski definition) is 1. The van der Waals surface area contributed by atoms with Crippen LogP contribution in [0.4, 0.5) is 0 Å². The number of para-hydroxylation sites is 1. The zero-order chi connectivity index (χ0) is 14.8. The van der Waals surface area contributed by atoms with Gasteiger partial charge in [0, 0.05) is 16.9 Å². The first kappa shape index (κ1) is 15.0. The Morgan fingerprint density at radius 3 is 2.81 bits per heavy atom. The summed E-state index contributed by atoms with van der Waals surface area (Å²) >= 11 is 11.3. The molecule has 3 aromatic rings. The molecule has 0 saturated heterocycles. The fourth-order valence-corrected chi connectivity index (χ4v) is 3.82. The highest BCUT2D eigenvalue weighted by Crippen LogP contribution is 2.29. The SMILES string of the molecule is CNC(Cc1nc2ccccc2s1)c1ccc(Cl)c(Br)c1. The third-order valence-electron chi connectivity index (χ3n) is 3.41. The van der Waals surface area contributed by atoms with Gasteiger partial charge in [-0.1, -0.05) is 29.8 Å². The molecule has 2 aromatic carbocycles. The number of fused-ring (bicyclic) bond motifs is 1. The van der Waals surface area contributed by atoms with Crippen LogP contribution in [0.2, 0.25) is 5.02 Å². The van der Waals surface area contributed by atoms with Gasteiger partial charge in [-0.15, -0.1) is 11.3 Å².